The number of hydrogen-bond acceptors (Lipinski definition) is 6. The molecule has 8 nitrogen and oxygen atoms in total. The number of aromatic nitrogens is 4. The molecule has 0 unspecified atom stereocenters. The molecule has 1 amide bonds. The molecule has 4 rings (SSSR count). The Hall–Kier alpha value is -2.69. The number of anilines is 2. The summed E-state index contributed by atoms with van der Waals surface area (Å²) in [6.07, 6.45) is -4.35. The number of alkyl halides is 3. The smallest absolute Gasteiger partial charge is 0.383 e. The van der Waals surface area contributed by atoms with Crippen LogP contribution >= 0.6 is 0 Å². The number of aliphatic hydroxyl groups is 1. The zero-order valence-corrected chi connectivity index (χ0v) is 17.5. The maximum absolute atomic E-state index is 13.3. The number of H-pyrrole nitrogens is 1. The van der Waals surface area contributed by atoms with Crippen LogP contribution in [0.15, 0.2) is 6.07 Å². The van der Waals surface area contributed by atoms with Crippen LogP contribution in [0.3, 0.4) is 0 Å². The van der Waals surface area contributed by atoms with Crippen molar-refractivity contribution < 1.29 is 23.1 Å². The van der Waals surface area contributed by atoms with Crippen molar-refractivity contribution in [2.75, 3.05) is 23.3 Å². The predicted octanol–water partition coefficient (Wildman–Crippen LogP) is 3.14. The molecule has 0 aliphatic carbocycles. The van der Waals surface area contributed by atoms with E-state index in [9.17, 15) is 23.1 Å². The Morgan fingerprint density at radius 1 is 1.23 bits per heavy atom. The lowest BCUT2D eigenvalue weighted by Crippen LogP contribution is -2.38. The maximum Gasteiger partial charge on any atom is 0.433 e. The highest BCUT2D eigenvalue weighted by Gasteiger charge is 2.38. The molecule has 0 saturated carbocycles. The Morgan fingerprint density at radius 2 is 1.90 bits per heavy atom. The molecule has 3 N–H and O–H groups in total. The SMILES string of the molecule is CC(C)c1nc(N2CCC(c3n[nH]c4c3[C@H](C)[C@H](O)C(=O)N4)CC2)cc(C(F)(F)F)n1. The van der Waals surface area contributed by atoms with Crippen molar-refractivity contribution in [3.05, 3.63) is 28.8 Å². The van der Waals surface area contributed by atoms with Gasteiger partial charge >= 0.3 is 6.18 Å². The van der Waals surface area contributed by atoms with E-state index in [1.807, 2.05) is 4.90 Å². The van der Waals surface area contributed by atoms with Crippen molar-refractivity contribution in [3.63, 3.8) is 0 Å². The Bertz CT molecular complexity index is 982. The van der Waals surface area contributed by atoms with Gasteiger partial charge in [0.1, 0.15) is 29.3 Å². The van der Waals surface area contributed by atoms with Gasteiger partial charge in [0.25, 0.3) is 5.91 Å². The molecular weight excluding hydrogens is 413 g/mol. The van der Waals surface area contributed by atoms with Gasteiger partial charge in [0.2, 0.25) is 0 Å². The Labute approximate surface area is 177 Å². The standard InChI is InChI=1S/C20H25F3N6O2/c1-9(2)17-24-12(20(21,22)23)8-13(25-17)29-6-4-11(5-7-29)15-14-10(3)16(30)19(31)26-18(14)28-27-15/h8-11,16,30H,4-7H2,1-3H3,(H2,26,27,28,31)/t10-,16-/m0/s1. The van der Waals surface area contributed by atoms with E-state index in [-0.39, 0.29) is 29.4 Å². The molecule has 168 valence electrons. The third kappa shape index (κ3) is 3.98. The van der Waals surface area contributed by atoms with Gasteiger partial charge in [-0.15, -0.1) is 0 Å². The van der Waals surface area contributed by atoms with E-state index in [1.54, 1.807) is 20.8 Å². The third-order valence-electron chi connectivity index (χ3n) is 6.02. The van der Waals surface area contributed by atoms with Crippen LogP contribution in [0.25, 0.3) is 0 Å². The van der Waals surface area contributed by atoms with Crippen molar-refractivity contribution in [2.45, 2.75) is 63.6 Å². The van der Waals surface area contributed by atoms with Crippen molar-refractivity contribution in [2.24, 2.45) is 0 Å². The number of piperidine rings is 1. The molecule has 0 bridgehead atoms. The van der Waals surface area contributed by atoms with E-state index in [0.29, 0.717) is 31.7 Å². The number of aliphatic hydroxyl groups excluding tert-OH is 1. The fourth-order valence-electron chi connectivity index (χ4n) is 4.21. The average Bonchev–Trinajstić information content (AvgIpc) is 3.15. The van der Waals surface area contributed by atoms with E-state index >= 15 is 0 Å². The molecule has 2 aromatic heterocycles. The van der Waals surface area contributed by atoms with Crippen LogP contribution in [0, 0.1) is 0 Å². The fraction of sp³-hybridized carbons (Fsp3) is 0.600. The zero-order valence-electron chi connectivity index (χ0n) is 17.5. The molecule has 2 atom stereocenters. The highest BCUT2D eigenvalue weighted by atomic mass is 19.4. The number of fused-ring (bicyclic) bond motifs is 1. The first-order valence-electron chi connectivity index (χ1n) is 10.3. The number of hydrogen-bond donors (Lipinski definition) is 3. The number of nitrogens with zero attached hydrogens (tertiary/aromatic N) is 4. The second-order valence-corrected chi connectivity index (χ2v) is 8.50. The van der Waals surface area contributed by atoms with Gasteiger partial charge in [-0.3, -0.25) is 9.89 Å². The topological polar surface area (TPSA) is 107 Å². The number of amides is 1. The van der Waals surface area contributed by atoms with E-state index < -0.39 is 23.9 Å². The molecule has 1 saturated heterocycles. The molecule has 1 fully saturated rings. The maximum atomic E-state index is 13.3. The Kier molecular flexibility index (Phi) is 5.40. The summed E-state index contributed by atoms with van der Waals surface area (Å²) in [6.45, 7) is 6.34. The number of rotatable bonds is 3. The van der Waals surface area contributed by atoms with Crippen LogP contribution in [0.2, 0.25) is 0 Å². The lowest BCUT2D eigenvalue weighted by molar-refractivity contribution is -0.141. The van der Waals surface area contributed by atoms with Gasteiger partial charge in [-0.05, 0) is 12.8 Å². The molecular formula is C20H25F3N6O2. The highest BCUT2D eigenvalue weighted by Crippen LogP contribution is 2.40. The van der Waals surface area contributed by atoms with Gasteiger partial charge in [-0.2, -0.15) is 18.3 Å². The van der Waals surface area contributed by atoms with Crippen LogP contribution < -0.4 is 10.2 Å². The molecule has 2 aromatic rings. The zero-order chi connectivity index (χ0) is 22.5. The van der Waals surface area contributed by atoms with E-state index in [0.717, 1.165) is 17.3 Å². The summed E-state index contributed by atoms with van der Waals surface area (Å²) in [5, 5.41) is 20.0. The summed E-state index contributed by atoms with van der Waals surface area (Å²) in [4.78, 5) is 21.7. The van der Waals surface area contributed by atoms with Crippen LogP contribution in [0.1, 0.15) is 74.1 Å². The fourth-order valence-corrected chi connectivity index (χ4v) is 4.21. The van der Waals surface area contributed by atoms with Gasteiger partial charge in [0, 0.05) is 42.5 Å². The molecule has 0 radical (unpaired) electrons. The molecule has 2 aliphatic rings. The van der Waals surface area contributed by atoms with Crippen molar-refractivity contribution in [1.29, 1.82) is 0 Å². The van der Waals surface area contributed by atoms with E-state index in [1.165, 1.54) is 0 Å². The summed E-state index contributed by atoms with van der Waals surface area (Å²) in [6, 6.07) is 1.01. The number of carbonyl (C=O) groups is 1. The minimum atomic E-state index is -4.53. The van der Waals surface area contributed by atoms with Crippen molar-refractivity contribution in [1.82, 2.24) is 20.2 Å². The monoisotopic (exact) mass is 438 g/mol. The molecule has 4 heterocycles. The Morgan fingerprint density at radius 3 is 2.52 bits per heavy atom. The quantitative estimate of drug-likeness (QED) is 0.680. The van der Waals surface area contributed by atoms with Gasteiger partial charge in [0.15, 0.2) is 0 Å². The molecule has 31 heavy (non-hydrogen) atoms. The molecule has 11 heteroatoms. The lowest BCUT2D eigenvalue weighted by atomic mass is 9.84. The van der Waals surface area contributed by atoms with Crippen molar-refractivity contribution >= 4 is 17.5 Å². The molecule has 0 spiro atoms. The predicted molar refractivity (Wildman–Crippen MR) is 107 cm³/mol. The summed E-state index contributed by atoms with van der Waals surface area (Å²) >= 11 is 0. The summed E-state index contributed by atoms with van der Waals surface area (Å²) < 4.78 is 39.9. The van der Waals surface area contributed by atoms with Crippen LogP contribution in [0.5, 0.6) is 0 Å². The van der Waals surface area contributed by atoms with E-state index in [2.05, 4.69) is 25.5 Å². The van der Waals surface area contributed by atoms with Crippen LogP contribution in [-0.2, 0) is 11.0 Å². The van der Waals surface area contributed by atoms with Gasteiger partial charge < -0.3 is 15.3 Å². The lowest BCUT2D eigenvalue weighted by Gasteiger charge is -2.34. The third-order valence-corrected chi connectivity index (χ3v) is 6.02. The normalized spacial score (nSPS) is 22.6. The minimum Gasteiger partial charge on any atom is -0.383 e. The van der Waals surface area contributed by atoms with Crippen molar-refractivity contribution in [3.8, 4) is 0 Å². The molecule has 0 aromatic carbocycles. The summed E-state index contributed by atoms with van der Waals surface area (Å²) in [7, 11) is 0. The first kappa shape index (κ1) is 21.5. The van der Waals surface area contributed by atoms with Crippen LogP contribution in [0.4, 0.5) is 24.8 Å². The Balaban J connectivity index is 1.54. The van der Waals surface area contributed by atoms with Gasteiger partial charge in [-0.25, -0.2) is 9.97 Å². The van der Waals surface area contributed by atoms with E-state index in [4.69, 9.17) is 0 Å². The number of aromatic amines is 1. The number of carbonyl (C=O) groups excluding carboxylic acids is 1. The average molecular weight is 438 g/mol. The second-order valence-electron chi connectivity index (χ2n) is 8.50. The molecule has 2 aliphatic heterocycles. The second kappa shape index (κ2) is 7.77. The summed E-state index contributed by atoms with van der Waals surface area (Å²) in [5.41, 5.74) is 0.667. The highest BCUT2D eigenvalue weighted by molar-refractivity contribution is 5.97. The largest absolute Gasteiger partial charge is 0.433 e. The van der Waals surface area contributed by atoms with Gasteiger partial charge in [-0.1, -0.05) is 20.8 Å². The van der Waals surface area contributed by atoms with Gasteiger partial charge in [0.05, 0.1) is 5.69 Å². The number of nitrogens with one attached hydrogen (secondary N) is 2. The minimum absolute atomic E-state index is 0.0643. The van der Waals surface area contributed by atoms with Crippen LogP contribution in [-0.4, -0.2) is 50.4 Å². The first-order chi connectivity index (χ1) is 14.6. The first-order valence-corrected chi connectivity index (χ1v) is 10.3. The number of halogens is 3. The summed E-state index contributed by atoms with van der Waals surface area (Å²) in [5.74, 6) is -0.0499.